The molecular formula is C44H53NO16. The highest BCUT2D eigenvalue weighted by atomic mass is 16.6. The van der Waals surface area contributed by atoms with E-state index in [1.807, 2.05) is 0 Å². The lowest BCUT2D eigenvalue weighted by Crippen LogP contribution is -2.83. The number of fused-ring (bicyclic) bond motifs is 3. The summed E-state index contributed by atoms with van der Waals surface area (Å²) in [7, 11) is 0. The van der Waals surface area contributed by atoms with Gasteiger partial charge in [0.15, 0.2) is 17.5 Å². The van der Waals surface area contributed by atoms with E-state index < -0.39 is 118 Å². The zero-order valence-electron chi connectivity index (χ0n) is 35.3. The molecule has 13 atom stereocenters. The number of alkyl carbamates (subject to hydrolysis) is 1. The number of ether oxygens (including phenoxy) is 6. The molecule has 61 heavy (non-hydrogen) atoms. The van der Waals surface area contributed by atoms with E-state index in [0.29, 0.717) is 0 Å². The van der Waals surface area contributed by atoms with E-state index in [2.05, 4.69) is 5.32 Å². The minimum Gasteiger partial charge on any atom is -0.467 e. The van der Waals surface area contributed by atoms with Gasteiger partial charge < -0.3 is 53.5 Å². The summed E-state index contributed by atoms with van der Waals surface area (Å²) < 4.78 is 41.2. The number of amides is 1. The first kappa shape index (κ1) is 44.0. The molecule has 1 aromatic carbocycles. The maximum absolute atomic E-state index is 15.4. The average molecular weight is 852 g/mol. The monoisotopic (exact) mass is 851 g/mol. The van der Waals surface area contributed by atoms with E-state index in [1.54, 1.807) is 52.8 Å². The molecule has 1 saturated heterocycles. The first-order valence-electron chi connectivity index (χ1n) is 20.4. The fraction of sp³-hybridized carbons (Fsp3) is 0.591. The molecule has 5 aliphatic rings. The van der Waals surface area contributed by atoms with Crippen molar-refractivity contribution in [1.82, 2.24) is 5.32 Å². The van der Waals surface area contributed by atoms with Crippen LogP contribution in [0.5, 0.6) is 0 Å². The minimum atomic E-state index is -2.18. The number of ketones is 1. The van der Waals surface area contributed by atoms with Crippen molar-refractivity contribution in [3.05, 3.63) is 71.2 Å². The molecule has 3 unspecified atom stereocenters. The third-order valence-corrected chi connectivity index (χ3v) is 13.6. The van der Waals surface area contributed by atoms with Crippen LogP contribution in [0.3, 0.4) is 0 Å². The van der Waals surface area contributed by atoms with Crippen molar-refractivity contribution >= 4 is 35.8 Å². The topological polar surface area (TPSA) is 244 Å². The molecule has 17 nitrogen and oxygen atoms in total. The lowest BCUT2D eigenvalue weighted by Gasteiger charge is -2.70. The van der Waals surface area contributed by atoms with Crippen LogP contribution < -0.4 is 5.32 Å². The molecule has 7 rings (SSSR count). The third kappa shape index (κ3) is 6.84. The zero-order chi connectivity index (χ0) is 44.6. The van der Waals surface area contributed by atoms with Crippen LogP contribution >= 0.6 is 0 Å². The van der Waals surface area contributed by atoms with Gasteiger partial charge >= 0.3 is 30.0 Å². The van der Waals surface area contributed by atoms with Gasteiger partial charge in [-0.05, 0) is 76.5 Å². The number of Topliss-reactive ketones (excluding diaryl/α,β-unsaturated/α-hetero) is 1. The number of hydrogen-bond acceptors (Lipinski definition) is 16. The predicted octanol–water partition coefficient (Wildman–Crippen LogP) is 3.42. The molecule has 4 N–H and O–H groups in total. The maximum Gasteiger partial charge on any atom is 0.408 e. The number of esters is 4. The normalized spacial score (nSPS) is 35.9. The summed E-state index contributed by atoms with van der Waals surface area (Å²) in [5, 5.41) is 39.7. The summed E-state index contributed by atoms with van der Waals surface area (Å²) in [4.78, 5) is 82.4. The molecule has 4 aliphatic carbocycles. The summed E-state index contributed by atoms with van der Waals surface area (Å²) in [6.07, 6.45) is -9.57. The zero-order valence-corrected chi connectivity index (χ0v) is 35.3. The number of hydrogen-bond donors (Lipinski definition) is 4. The number of benzene rings is 1. The number of carbonyl (C=O) groups is 6. The van der Waals surface area contributed by atoms with Crippen LogP contribution in [0.4, 0.5) is 4.79 Å². The number of rotatable bonds is 10. The highest BCUT2D eigenvalue weighted by Crippen LogP contribution is 2.73. The van der Waals surface area contributed by atoms with Gasteiger partial charge in [-0.1, -0.05) is 32.0 Å². The summed E-state index contributed by atoms with van der Waals surface area (Å²) in [5.41, 5.74) is -8.25. The van der Waals surface area contributed by atoms with Gasteiger partial charge in [-0.3, -0.25) is 14.4 Å². The maximum atomic E-state index is 15.4. The van der Waals surface area contributed by atoms with Gasteiger partial charge in [0.1, 0.15) is 53.5 Å². The van der Waals surface area contributed by atoms with E-state index in [0.717, 1.165) is 0 Å². The standard InChI is InChI=1S/C44H53NO16/c1-9-28(47)57-26-18-27-43(20-56-27,60-22(3)46)34-36(59-37(51)23-14-11-10-12-15-23)44(54)19-24-33(21(2)29(42(24,44)8)31(48)35(50)41(26,34)7)58-38(52)32(49)30(25-16-13-17-55-25)45-39(53)61-40(4,5)6/h10-17,24,26-27,30-34,36,48-49,54H,9,18-20H2,1-8H3,(H,45,53)/t24?,26-,27+,30-,31+,32+,33+,34?,36-,41+,42?,43-,44+/m0/s1. The van der Waals surface area contributed by atoms with Crippen LogP contribution in [0.1, 0.15) is 96.8 Å². The van der Waals surface area contributed by atoms with Crippen molar-refractivity contribution in [2.24, 2.45) is 22.7 Å². The second-order valence-corrected chi connectivity index (χ2v) is 18.1. The smallest absolute Gasteiger partial charge is 0.408 e. The number of aliphatic hydroxyl groups is 3. The van der Waals surface area contributed by atoms with Crippen LogP contribution in [0.2, 0.25) is 0 Å². The lowest BCUT2D eigenvalue weighted by molar-refractivity contribution is -0.357. The Hall–Kier alpha value is -5.10. The van der Waals surface area contributed by atoms with Crippen molar-refractivity contribution < 1.29 is 76.9 Å². The van der Waals surface area contributed by atoms with E-state index in [1.165, 1.54) is 51.3 Å². The van der Waals surface area contributed by atoms with E-state index >= 15 is 4.79 Å². The molecule has 3 saturated carbocycles. The second kappa shape index (κ2) is 15.4. The molecule has 0 spiro atoms. The molecule has 4 fully saturated rings. The molecule has 2 aromatic rings. The molecule has 1 amide bonds. The number of furan rings is 1. The molecule has 2 heterocycles. The van der Waals surface area contributed by atoms with Gasteiger partial charge in [-0.2, -0.15) is 0 Å². The quantitative estimate of drug-likeness (QED) is 0.152. The summed E-state index contributed by atoms with van der Waals surface area (Å²) in [5.74, 6) is -6.80. The van der Waals surface area contributed by atoms with Gasteiger partial charge in [0.2, 0.25) is 0 Å². The number of aliphatic hydroxyl groups excluding tert-OH is 2. The molecule has 1 aromatic heterocycles. The Morgan fingerprint density at radius 2 is 1.70 bits per heavy atom. The minimum absolute atomic E-state index is 0.00157. The van der Waals surface area contributed by atoms with Crippen molar-refractivity contribution in [2.75, 3.05) is 6.61 Å². The Morgan fingerprint density at radius 1 is 1.02 bits per heavy atom. The Balaban J connectivity index is 1.34. The Labute approximate surface area is 352 Å². The van der Waals surface area contributed by atoms with Crippen molar-refractivity contribution in [3.63, 3.8) is 0 Å². The fourth-order valence-corrected chi connectivity index (χ4v) is 10.7. The molecule has 17 heteroatoms. The van der Waals surface area contributed by atoms with Crippen LogP contribution in [0.25, 0.3) is 0 Å². The largest absolute Gasteiger partial charge is 0.467 e. The van der Waals surface area contributed by atoms with Crippen LogP contribution in [-0.4, -0.2) is 111 Å². The molecule has 0 radical (unpaired) electrons. The van der Waals surface area contributed by atoms with Gasteiger partial charge in [-0.25, -0.2) is 14.4 Å². The van der Waals surface area contributed by atoms with E-state index in [9.17, 15) is 39.3 Å². The van der Waals surface area contributed by atoms with Crippen LogP contribution in [0, 0.1) is 22.7 Å². The van der Waals surface area contributed by atoms with E-state index in [4.69, 9.17) is 32.8 Å². The predicted molar refractivity (Wildman–Crippen MR) is 208 cm³/mol. The van der Waals surface area contributed by atoms with Crippen molar-refractivity contribution in [1.29, 1.82) is 0 Å². The number of nitrogens with one attached hydrogen (secondary N) is 1. The highest BCUT2D eigenvalue weighted by Gasteiger charge is 2.83. The van der Waals surface area contributed by atoms with E-state index in [-0.39, 0.29) is 48.3 Å². The summed E-state index contributed by atoms with van der Waals surface area (Å²) >= 11 is 0. The third-order valence-electron chi connectivity index (χ3n) is 13.6. The SMILES string of the molecule is CCC(=O)O[C@H]1C[C@H]2OC[C@@]2(OC(C)=O)C2[C@H](OC(=O)c3ccccc3)[C@]3(O)CC4[C@H](OC(=O)[C@H](O)[C@@H](NC(=O)OC(C)(C)C)c5ccco5)C(C)=C([C@@H](O)C(=O)[C@@]21C)C43C. The second-order valence-electron chi connectivity index (χ2n) is 18.1. The average Bonchev–Trinajstić information content (AvgIpc) is 3.79. The van der Waals surface area contributed by atoms with Gasteiger partial charge in [0.05, 0.1) is 29.8 Å². The van der Waals surface area contributed by atoms with Crippen LogP contribution in [-0.2, 0) is 47.6 Å². The molecule has 1 aliphatic heterocycles. The van der Waals surface area contributed by atoms with Gasteiger partial charge in [0.25, 0.3) is 0 Å². The fourth-order valence-electron chi connectivity index (χ4n) is 10.7. The Morgan fingerprint density at radius 3 is 2.28 bits per heavy atom. The Kier molecular flexibility index (Phi) is 11.1. The highest BCUT2D eigenvalue weighted by molar-refractivity contribution is 5.95. The molecule has 330 valence electrons. The molecule has 0 bridgehead atoms. The first-order chi connectivity index (χ1) is 28.5. The summed E-state index contributed by atoms with van der Waals surface area (Å²) in [6, 6.07) is 9.35. The van der Waals surface area contributed by atoms with Crippen molar-refractivity contribution in [3.8, 4) is 0 Å². The molecular weight excluding hydrogens is 798 g/mol. The Bertz CT molecular complexity index is 2130. The van der Waals surface area contributed by atoms with Gasteiger partial charge in [0, 0.05) is 31.1 Å². The summed E-state index contributed by atoms with van der Waals surface area (Å²) in [6.45, 7) is 11.9. The van der Waals surface area contributed by atoms with Crippen LogP contribution in [0.15, 0.2) is 64.3 Å². The van der Waals surface area contributed by atoms with Gasteiger partial charge in [-0.15, -0.1) is 0 Å². The first-order valence-corrected chi connectivity index (χ1v) is 20.4. The number of carbonyl (C=O) groups excluding carboxylic acids is 6. The lowest BCUT2D eigenvalue weighted by atomic mass is 9.40. The van der Waals surface area contributed by atoms with Crippen molar-refractivity contribution in [2.45, 2.75) is 134 Å².